The van der Waals surface area contributed by atoms with Crippen molar-refractivity contribution < 1.29 is 29.9 Å². The van der Waals surface area contributed by atoms with Crippen LogP contribution in [-0.2, 0) is 9.47 Å². The number of rotatable bonds is 22. The van der Waals surface area contributed by atoms with Gasteiger partial charge in [0.15, 0.2) is 6.29 Å². The highest BCUT2D eigenvalue weighted by Gasteiger charge is 2.44. The van der Waals surface area contributed by atoms with Crippen LogP contribution in [0.3, 0.4) is 0 Å². The van der Waals surface area contributed by atoms with Crippen LogP contribution in [0.2, 0.25) is 25.2 Å². The third kappa shape index (κ3) is 15.1. The maximum atomic E-state index is 10.1. The molecule has 0 aromatic carbocycles. The van der Waals surface area contributed by atoms with Gasteiger partial charge in [-0.15, -0.1) is 0 Å². The average molecular weight is 519 g/mol. The van der Waals surface area contributed by atoms with Crippen LogP contribution >= 0.6 is 0 Å². The Labute approximate surface area is 216 Å². The van der Waals surface area contributed by atoms with E-state index in [-0.39, 0.29) is 0 Å². The lowest BCUT2D eigenvalue weighted by Gasteiger charge is -2.39. The van der Waals surface area contributed by atoms with E-state index in [1.165, 1.54) is 109 Å². The van der Waals surface area contributed by atoms with Gasteiger partial charge < -0.3 is 29.9 Å². The first-order valence-electron chi connectivity index (χ1n) is 14.7. The molecule has 1 fully saturated rings. The molecule has 0 saturated carbocycles. The van der Waals surface area contributed by atoms with Gasteiger partial charge in [0, 0.05) is 14.7 Å². The molecule has 0 unspecified atom stereocenters. The molecule has 1 aliphatic rings. The molecular weight excluding hydrogens is 460 g/mol. The van der Waals surface area contributed by atoms with Crippen LogP contribution in [0, 0.1) is 0 Å². The van der Waals surface area contributed by atoms with Gasteiger partial charge in [0.25, 0.3) is 0 Å². The van der Waals surface area contributed by atoms with Crippen LogP contribution in [0.4, 0.5) is 0 Å². The Balaban J connectivity index is 1.96. The van der Waals surface area contributed by atoms with Crippen LogP contribution in [0.25, 0.3) is 0 Å². The van der Waals surface area contributed by atoms with Crippen molar-refractivity contribution in [1.29, 1.82) is 0 Å². The van der Waals surface area contributed by atoms with Crippen LogP contribution in [0.1, 0.15) is 110 Å². The smallest absolute Gasteiger partial charge is 0.186 e. The lowest BCUT2D eigenvalue weighted by atomic mass is 9.99. The molecule has 7 heteroatoms. The summed E-state index contributed by atoms with van der Waals surface area (Å²) in [6.07, 6.45) is 16.3. The van der Waals surface area contributed by atoms with E-state index < -0.39 is 45.4 Å². The summed E-state index contributed by atoms with van der Waals surface area (Å²) in [7, 11) is -1.40. The van der Waals surface area contributed by atoms with Crippen molar-refractivity contribution in [2.75, 3.05) is 13.2 Å². The highest BCUT2D eigenvalue weighted by molar-refractivity contribution is 6.77. The SMILES string of the molecule is CCCCCCCCCCCCCCCCCC[Si](C)(C)CCO[C@@H]1O[C@H](CO)[C@@H](O)[C@H](O)[C@H]1O. The van der Waals surface area contributed by atoms with Crippen molar-refractivity contribution in [3.05, 3.63) is 0 Å². The molecular formula is C28H58O6Si. The number of ether oxygens (including phenoxy) is 2. The molecule has 0 radical (unpaired) electrons. The second-order valence-corrected chi connectivity index (χ2v) is 16.9. The summed E-state index contributed by atoms with van der Waals surface area (Å²) in [5, 5.41) is 39.1. The summed E-state index contributed by atoms with van der Waals surface area (Å²) in [6, 6.07) is 2.23. The van der Waals surface area contributed by atoms with Crippen LogP contribution in [0.15, 0.2) is 0 Å². The van der Waals surface area contributed by atoms with E-state index in [4.69, 9.17) is 9.47 Å². The first-order valence-corrected chi connectivity index (χ1v) is 18.2. The minimum Gasteiger partial charge on any atom is -0.394 e. The Morgan fingerprint density at radius 1 is 0.629 bits per heavy atom. The second-order valence-electron chi connectivity index (χ2n) is 11.5. The predicted molar refractivity (Wildman–Crippen MR) is 146 cm³/mol. The Bertz CT molecular complexity index is 490. The van der Waals surface area contributed by atoms with Gasteiger partial charge in [-0.3, -0.25) is 0 Å². The molecule has 210 valence electrons. The molecule has 35 heavy (non-hydrogen) atoms. The lowest BCUT2D eigenvalue weighted by molar-refractivity contribution is -0.300. The van der Waals surface area contributed by atoms with Crippen LogP contribution < -0.4 is 0 Å². The van der Waals surface area contributed by atoms with Gasteiger partial charge in [0.05, 0.1) is 6.61 Å². The largest absolute Gasteiger partial charge is 0.394 e. The van der Waals surface area contributed by atoms with Gasteiger partial charge in [-0.05, 0) is 6.04 Å². The molecule has 1 heterocycles. The van der Waals surface area contributed by atoms with Crippen molar-refractivity contribution in [2.24, 2.45) is 0 Å². The van der Waals surface area contributed by atoms with E-state index in [2.05, 4.69) is 20.0 Å². The Hall–Kier alpha value is -0.0231. The number of unbranched alkanes of at least 4 members (excludes halogenated alkanes) is 15. The monoisotopic (exact) mass is 518 g/mol. The fraction of sp³-hybridized carbons (Fsp3) is 1.00. The van der Waals surface area contributed by atoms with Crippen LogP contribution in [0.5, 0.6) is 0 Å². The maximum absolute atomic E-state index is 10.1. The lowest BCUT2D eigenvalue weighted by Crippen LogP contribution is -2.59. The third-order valence-electron chi connectivity index (χ3n) is 7.62. The molecule has 6 nitrogen and oxygen atoms in total. The Morgan fingerprint density at radius 2 is 1.09 bits per heavy atom. The van der Waals surface area contributed by atoms with Crippen molar-refractivity contribution >= 4 is 8.07 Å². The number of hydrogen-bond donors (Lipinski definition) is 4. The highest BCUT2D eigenvalue weighted by Crippen LogP contribution is 2.24. The van der Waals surface area contributed by atoms with E-state index in [1.54, 1.807) is 0 Å². The van der Waals surface area contributed by atoms with Gasteiger partial charge in [-0.2, -0.15) is 0 Å². The summed E-state index contributed by atoms with van der Waals surface area (Å²) in [6.45, 7) is 7.05. The minimum atomic E-state index is -1.40. The molecule has 0 spiro atoms. The normalized spacial score (nSPS) is 25.3. The van der Waals surface area contributed by atoms with Crippen LogP contribution in [-0.4, -0.2) is 72.4 Å². The zero-order chi connectivity index (χ0) is 25.9. The predicted octanol–water partition coefficient (Wildman–Crippen LogP) is 5.77. The van der Waals surface area contributed by atoms with Crippen molar-refractivity contribution in [3.8, 4) is 0 Å². The third-order valence-corrected chi connectivity index (χ3v) is 10.9. The maximum Gasteiger partial charge on any atom is 0.186 e. The minimum absolute atomic E-state index is 0.426. The fourth-order valence-electron chi connectivity index (χ4n) is 4.93. The zero-order valence-electron chi connectivity index (χ0n) is 23.1. The zero-order valence-corrected chi connectivity index (χ0v) is 24.1. The van der Waals surface area contributed by atoms with E-state index in [9.17, 15) is 20.4 Å². The van der Waals surface area contributed by atoms with E-state index >= 15 is 0 Å². The average Bonchev–Trinajstić information content (AvgIpc) is 2.83. The molecule has 1 rings (SSSR count). The van der Waals surface area contributed by atoms with Gasteiger partial charge in [-0.25, -0.2) is 0 Å². The molecule has 0 aliphatic carbocycles. The van der Waals surface area contributed by atoms with Crippen molar-refractivity contribution in [1.82, 2.24) is 0 Å². The van der Waals surface area contributed by atoms with E-state index in [0.29, 0.717) is 6.61 Å². The van der Waals surface area contributed by atoms with Gasteiger partial charge in [0.1, 0.15) is 24.4 Å². The van der Waals surface area contributed by atoms with Gasteiger partial charge >= 0.3 is 0 Å². The summed E-state index contributed by atoms with van der Waals surface area (Å²) < 4.78 is 11.1. The molecule has 0 bridgehead atoms. The molecule has 1 aliphatic heterocycles. The van der Waals surface area contributed by atoms with E-state index in [1.807, 2.05) is 0 Å². The standard InChI is InChI=1S/C28H58O6Si/c1-4-5-6-7-8-9-10-11-12-13-14-15-16-17-18-19-21-35(2,3)22-20-33-28-27(32)26(31)25(30)24(23-29)34-28/h24-32H,4-23H2,1-3H3/t24-,25-,26+,27-,28-/m1/s1. The Kier molecular flexibility index (Phi) is 18.9. The second kappa shape index (κ2) is 20.0. The molecule has 1 saturated heterocycles. The quantitative estimate of drug-likeness (QED) is 0.107. The summed E-state index contributed by atoms with van der Waals surface area (Å²) in [4.78, 5) is 0. The van der Waals surface area contributed by atoms with Gasteiger partial charge in [-0.1, -0.05) is 129 Å². The molecule has 0 aromatic heterocycles. The number of hydrogen-bond acceptors (Lipinski definition) is 6. The highest BCUT2D eigenvalue weighted by atomic mass is 28.3. The summed E-state index contributed by atoms with van der Waals surface area (Å²) in [5.74, 6) is 0. The molecule has 4 N–H and O–H groups in total. The number of aliphatic hydroxyl groups excluding tert-OH is 4. The molecule has 0 aromatic rings. The first kappa shape index (κ1) is 33.0. The number of aliphatic hydroxyl groups is 4. The summed E-state index contributed by atoms with van der Waals surface area (Å²) >= 11 is 0. The van der Waals surface area contributed by atoms with Crippen molar-refractivity contribution in [3.63, 3.8) is 0 Å². The first-order chi connectivity index (χ1) is 16.8. The van der Waals surface area contributed by atoms with Crippen molar-refractivity contribution in [2.45, 2.75) is 166 Å². The fourth-order valence-corrected chi connectivity index (χ4v) is 7.06. The van der Waals surface area contributed by atoms with Gasteiger partial charge in [0.2, 0.25) is 0 Å². The molecule has 0 amide bonds. The topological polar surface area (TPSA) is 99.4 Å². The Morgan fingerprint density at radius 3 is 1.54 bits per heavy atom. The summed E-state index contributed by atoms with van der Waals surface area (Å²) in [5.41, 5.74) is 0. The van der Waals surface area contributed by atoms with E-state index in [0.717, 1.165) is 6.04 Å². The molecule has 5 atom stereocenters.